The van der Waals surface area contributed by atoms with Crippen molar-refractivity contribution in [1.29, 1.82) is 0 Å². The van der Waals surface area contributed by atoms with Gasteiger partial charge in [0.25, 0.3) is 5.91 Å². The van der Waals surface area contributed by atoms with E-state index < -0.39 is 0 Å². The smallest absolute Gasteiger partial charge is 0.262 e. The predicted molar refractivity (Wildman–Crippen MR) is 76.8 cm³/mol. The zero-order valence-corrected chi connectivity index (χ0v) is 11.0. The summed E-state index contributed by atoms with van der Waals surface area (Å²) in [6, 6.07) is 13.2. The molecule has 0 bridgehead atoms. The van der Waals surface area contributed by atoms with Crippen molar-refractivity contribution < 1.29 is 14.3 Å². The maximum Gasteiger partial charge on any atom is 0.262 e. The van der Waals surface area contributed by atoms with Gasteiger partial charge in [0.15, 0.2) is 6.61 Å². The van der Waals surface area contributed by atoms with E-state index in [2.05, 4.69) is 10.6 Å². The number of nitrogens with one attached hydrogen (secondary N) is 2. The van der Waals surface area contributed by atoms with Gasteiger partial charge in [-0.1, -0.05) is 0 Å². The minimum Gasteiger partial charge on any atom is -0.497 e. The lowest BCUT2D eigenvalue weighted by molar-refractivity contribution is -0.118. The van der Waals surface area contributed by atoms with Gasteiger partial charge in [0, 0.05) is 17.4 Å². The lowest BCUT2D eigenvalue weighted by Gasteiger charge is -2.19. The molecule has 0 radical (unpaired) electrons. The molecule has 2 N–H and O–H groups in total. The van der Waals surface area contributed by atoms with E-state index in [4.69, 9.17) is 9.47 Å². The van der Waals surface area contributed by atoms with E-state index in [-0.39, 0.29) is 12.5 Å². The Morgan fingerprint density at radius 2 is 1.90 bits per heavy atom. The molecule has 20 heavy (non-hydrogen) atoms. The lowest BCUT2D eigenvalue weighted by Crippen LogP contribution is -2.25. The van der Waals surface area contributed by atoms with Crippen LogP contribution in [0.15, 0.2) is 42.5 Å². The van der Waals surface area contributed by atoms with Crippen LogP contribution in [-0.2, 0) is 4.79 Å². The number of hydrogen-bond acceptors (Lipinski definition) is 4. The van der Waals surface area contributed by atoms with Crippen molar-refractivity contribution in [3.8, 4) is 11.5 Å². The van der Waals surface area contributed by atoms with Crippen LogP contribution in [-0.4, -0.2) is 19.6 Å². The van der Waals surface area contributed by atoms with Gasteiger partial charge in [0.05, 0.1) is 12.8 Å². The third-order valence-corrected chi connectivity index (χ3v) is 2.99. The number of fused-ring (bicyclic) bond motifs is 1. The Hall–Kier alpha value is -2.69. The molecule has 2 aromatic carbocycles. The minimum atomic E-state index is -0.131. The summed E-state index contributed by atoms with van der Waals surface area (Å²) in [6.07, 6.45) is 0. The first-order valence-electron chi connectivity index (χ1n) is 6.22. The van der Waals surface area contributed by atoms with Gasteiger partial charge in [-0.2, -0.15) is 0 Å². The van der Waals surface area contributed by atoms with Crippen molar-refractivity contribution in [2.75, 3.05) is 24.4 Å². The molecule has 5 heteroatoms. The van der Waals surface area contributed by atoms with Crippen LogP contribution in [0.5, 0.6) is 11.5 Å². The van der Waals surface area contributed by atoms with Crippen molar-refractivity contribution in [3.05, 3.63) is 42.5 Å². The third-order valence-electron chi connectivity index (χ3n) is 2.99. The number of benzene rings is 2. The van der Waals surface area contributed by atoms with Crippen LogP contribution in [0.3, 0.4) is 0 Å². The molecule has 1 amide bonds. The number of anilines is 3. The summed E-state index contributed by atoms with van der Waals surface area (Å²) >= 11 is 0. The summed E-state index contributed by atoms with van der Waals surface area (Å²) in [5.41, 5.74) is 2.54. The van der Waals surface area contributed by atoms with Gasteiger partial charge in [-0.05, 0) is 36.4 Å². The maximum absolute atomic E-state index is 11.2. The van der Waals surface area contributed by atoms with E-state index >= 15 is 0 Å². The average molecular weight is 270 g/mol. The zero-order chi connectivity index (χ0) is 13.9. The van der Waals surface area contributed by atoms with E-state index in [1.165, 1.54) is 0 Å². The van der Waals surface area contributed by atoms with E-state index in [9.17, 15) is 4.79 Å². The van der Waals surface area contributed by atoms with E-state index in [1.54, 1.807) is 7.11 Å². The fraction of sp³-hybridized carbons (Fsp3) is 0.133. The second-order valence-corrected chi connectivity index (χ2v) is 4.40. The monoisotopic (exact) mass is 270 g/mol. The molecule has 1 heterocycles. The Morgan fingerprint density at radius 3 is 2.65 bits per heavy atom. The van der Waals surface area contributed by atoms with Gasteiger partial charge in [-0.25, -0.2) is 0 Å². The first-order valence-corrected chi connectivity index (χ1v) is 6.22. The molecule has 0 fully saturated rings. The highest BCUT2D eigenvalue weighted by Gasteiger charge is 2.15. The van der Waals surface area contributed by atoms with Crippen molar-refractivity contribution in [2.45, 2.75) is 0 Å². The van der Waals surface area contributed by atoms with Gasteiger partial charge in [0.1, 0.15) is 11.5 Å². The number of ether oxygens (including phenoxy) is 2. The summed E-state index contributed by atoms with van der Waals surface area (Å²) < 4.78 is 10.5. The van der Waals surface area contributed by atoms with E-state index in [0.717, 1.165) is 17.1 Å². The van der Waals surface area contributed by atoms with Crippen LogP contribution in [0.25, 0.3) is 0 Å². The SMILES string of the molecule is COc1ccc(Nc2ccc3c(c2)OCC(=O)N3)cc1. The number of rotatable bonds is 3. The second-order valence-electron chi connectivity index (χ2n) is 4.40. The molecule has 3 rings (SSSR count). The molecule has 0 aliphatic carbocycles. The van der Waals surface area contributed by atoms with Crippen molar-refractivity contribution in [1.82, 2.24) is 0 Å². The molecule has 0 spiro atoms. The van der Waals surface area contributed by atoms with Crippen molar-refractivity contribution in [2.24, 2.45) is 0 Å². The second kappa shape index (κ2) is 5.13. The highest BCUT2D eigenvalue weighted by Crippen LogP contribution is 2.31. The molecule has 0 unspecified atom stereocenters. The van der Waals surface area contributed by atoms with Crippen LogP contribution < -0.4 is 20.1 Å². The predicted octanol–water partition coefficient (Wildman–Crippen LogP) is 2.77. The van der Waals surface area contributed by atoms with Crippen LogP contribution in [0.4, 0.5) is 17.1 Å². The molecule has 1 aliphatic rings. The van der Waals surface area contributed by atoms with Crippen LogP contribution >= 0.6 is 0 Å². The van der Waals surface area contributed by atoms with Crippen molar-refractivity contribution in [3.63, 3.8) is 0 Å². The number of methoxy groups -OCH3 is 1. The first-order chi connectivity index (χ1) is 9.74. The Bertz CT molecular complexity index is 638. The average Bonchev–Trinajstić information content (AvgIpc) is 2.48. The summed E-state index contributed by atoms with van der Waals surface area (Å²) in [4.78, 5) is 11.2. The number of carbonyl (C=O) groups is 1. The third kappa shape index (κ3) is 2.51. The van der Waals surface area contributed by atoms with E-state index in [0.29, 0.717) is 11.4 Å². The maximum atomic E-state index is 11.2. The molecule has 0 aromatic heterocycles. The molecular formula is C15H14N2O3. The highest BCUT2D eigenvalue weighted by atomic mass is 16.5. The summed E-state index contributed by atoms with van der Waals surface area (Å²) in [6.45, 7) is 0.0546. The topological polar surface area (TPSA) is 59.6 Å². The van der Waals surface area contributed by atoms with Gasteiger partial charge in [0.2, 0.25) is 0 Å². The quantitative estimate of drug-likeness (QED) is 0.900. The summed E-state index contributed by atoms with van der Waals surface area (Å²) in [5.74, 6) is 1.35. The Balaban J connectivity index is 1.79. The van der Waals surface area contributed by atoms with E-state index in [1.807, 2.05) is 42.5 Å². The fourth-order valence-electron chi connectivity index (χ4n) is 1.99. The fourth-order valence-corrected chi connectivity index (χ4v) is 1.99. The molecule has 0 saturated carbocycles. The first kappa shape index (κ1) is 12.3. The molecule has 0 saturated heterocycles. The summed E-state index contributed by atoms with van der Waals surface area (Å²) in [5, 5.41) is 6.03. The molecular weight excluding hydrogens is 256 g/mol. The zero-order valence-electron chi connectivity index (χ0n) is 11.0. The minimum absolute atomic E-state index is 0.0546. The molecule has 0 atom stereocenters. The van der Waals surface area contributed by atoms with Crippen LogP contribution in [0.2, 0.25) is 0 Å². The number of amides is 1. The van der Waals surface area contributed by atoms with Gasteiger partial charge < -0.3 is 20.1 Å². The van der Waals surface area contributed by atoms with Gasteiger partial charge in [-0.3, -0.25) is 4.79 Å². The van der Waals surface area contributed by atoms with Gasteiger partial charge >= 0.3 is 0 Å². The number of carbonyl (C=O) groups excluding carboxylic acids is 1. The van der Waals surface area contributed by atoms with Crippen LogP contribution in [0.1, 0.15) is 0 Å². The Kier molecular flexibility index (Phi) is 3.16. The lowest BCUT2D eigenvalue weighted by atomic mass is 10.2. The Labute approximate surface area is 116 Å². The van der Waals surface area contributed by atoms with Crippen molar-refractivity contribution >= 4 is 23.0 Å². The normalized spacial score (nSPS) is 12.9. The number of hydrogen-bond donors (Lipinski definition) is 2. The molecule has 2 aromatic rings. The molecule has 102 valence electrons. The summed E-state index contributed by atoms with van der Waals surface area (Å²) in [7, 11) is 1.64. The molecule has 5 nitrogen and oxygen atoms in total. The highest BCUT2D eigenvalue weighted by molar-refractivity contribution is 5.95. The largest absolute Gasteiger partial charge is 0.497 e. The molecule has 1 aliphatic heterocycles. The Morgan fingerprint density at radius 1 is 1.15 bits per heavy atom. The standard InChI is InChI=1S/C15H14N2O3/c1-19-12-5-2-10(3-6-12)16-11-4-7-13-14(8-11)20-9-15(18)17-13/h2-8,16H,9H2,1H3,(H,17,18). The van der Waals surface area contributed by atoms with Gasteiger partial charge in [-0.15, -0.1) is 0 Å². The van der Waals surface area contributed by atoms with Crippen LogP contribution in [0, 0.1) is 0 Å².